The number of amides is 2. The van der Waals surface area contributed by atoms with Crippen LogP contribution in [-0.2, 0) is 4.79 Å². The molecule has 0 spiro atoms. The van der Waals surface area contributed by atoms with E-state index in [0.717, 1.165) is 16.9 Å². The molecule has 2 aromatic carbocycles. The van der Waals surface area contributed by atoms with Crippen molar-refractivity contribution >= 4 is 29.6 Å². The second-order valence-corrected chi connectivity index (χ2v) is 5.67. The summed E-state index contributed by atoms with van der Waals surface area (Å²) in [4.78, 5) is 31.0. The Morgan fingerprint density at radius 2 is 1.70 bits per heavy atom. The first-order chi connectivity index (χ1) is 13.2. The molecule has 0 radical (unpaired) electrons. The minimum absolute atomic E-state index is 0.102. The fraction of sp³-hybridized carbons (Fsp3) is 0.100. The average Bonchev–Trinajstić information content (AvgIpc) is 2.70. The molecule has 0 fully saturated rings. The number of aromatic nitrogens is 2. The molecule has 0 aliphatic rings. The van der Waals surface area contributed by atoms with E-state index in [4.69, 9.17) is 0 Å². The highest BCUT2D eigenvalue weighted by Gasteiger charge is 2.06. The molecule has 2 amide bonds. The van der Waals surface area contributed by atoms with Crippen LogP contribution < -0.4 is 16.0 Å². The molecule has 0 aliphatic heterocycles. The molecule has 3 rings (SSSR count). The monoisotopic (exact) mass is 361 g/mol. The third kappa shape index (κ3) is 4.66. The van der Waals surface area contributed by atoms with Crippen molar-refractivity contribution < 1.29 is 9.59 Å². The molecule has 0 aliphatic carbocycles. The Hall–Kier alpha value is -3.74. The number of nitrogens with one attached hydrogen (secondary N) is 3. The molecular weight excluding hydrogens is 342 g/mol. The maximum Gasteiger partial charge on any atom is 0.251 e. The van der Waals surface area contributed by atoms with Gasteiger partial charge in [0.1, 0.15) is 0 Å². The summed E-state index contributed by atoms with van der Waals surface area (Å²) in [5.74, 6) is 0.350. The second kappa shape index (κ2) is 8.57. The van der Waals surface area contributed by atoms with Gasteiger partial charge >= 0.3 is 0 Å². The fourth-order valence-electron chi connectivity index (χ4n) is 2.48. The Balaban J connectivity index is 1.74. The summed E-state index contributed by atoms with van der Waals surface area (Å²) in [6.45, 7) is 2.47. The molecule has 0 saturated heterocycles. The first kappa shape index (κ1) is 18.1. The fourth-order valence-corrected chi connectivity index (χ4v) is 2.48. The minimum atomic E-state index is -0.102. The maximum absolute atomic E-state index is 11.8. The van der Waals surface area contributed by atoms with Gasteiger partial charge in [-0.1, -0.05) is 12.1 Å². The van der Waals surface area contributed by atoms with Crippen molar-refractivity contribution in [2.45, 2.75) is 6.92 Å². The molecule has 7 heteroatoms. The molecule has 1 aromatic heterocycles. The number of nitrogens with zero attached hydrogens (tertiary/aromatic N) is 2. The predicted octanol–water partition coefficient (Wildman–Crippen LogP) is 3.21. The lowest BCUT2D eigenvalue weighted by Crippen LogP contribution is -2.22. The summed E-state index contributed by atoms with van der Waals surface area (Å²) in [6.07, 6.45) is 2.31. The molecule has 0 atom stereocenters. The zero-order valence-electron chi connectivity index (χ0n) is 14.8. The molecule has 7 nitrogen and oxygen atoms in total. The number of hydrogen-bond acceptors (Lipinski definition) is 5. The highest BCUT2D eigenvalue weighted by molar-refractivity contribution is 5.94. The van der Waals surface area contributed by atoms with Gasteiger partial charge < -0.3 is 16.0 Å². The molecule has 136 valence electrons. The summed E-state index contributed by atoms with van der Waals surface area (Å²) in [5.41, 5.74) is 3.76. The standard InChI is InChI=1S/C20H19N5O2/c1-2-21-19(27)15-5-9-17(10-6-15)24-20-22-12-11-18(25-20)14-3-7-16(8-4-14)23-13-26/h3-13H,2H2,1H3,(H,21,27)(H,23,26)(H,22,24,25). The van der Waals surface area contributed by atoms with E-state index < -0.39 is 0 Å². The van der Waals surface area contributed by atoms with Crippen molar-refractivity contribution in [3.8, 4) is 11.3 Å². The van der Waals surface area contributed by atoms with Gasteiger partial charge in [0, 0.05) is 35.2 Å². The van der Waals surface area contributed by atoms with Gasteiger partial charge in [0.05, 0.1) is 5.69 Å². The van der Waals surface area contributed by atoms with Crippen molar-refractivity contribution in [3.05, 3.63) is 66.4 Å². The number of carbonyl (C=O) groups excluding carboxylic acids is 2. The van der Waals surface area contributed by atoms with E-state index in [9.17, 15) is 9.59 Å². The zero-order chi connectivity index (χ0) is 19.1. The lowest BCUT2D eigenvalue weighted by atomic mass is 10.1. The summed E-state index contributed by atoms with van der Waals surface area (Å²) in [5, 5.41) is 8.49. The van der Waals surface area contributed by atoms with Gasteiger partial charge in [-0.3, -0.25) is 9.59 Å². The number of carbonyl (C=O) groups is 2. The molecule has 0 unspecified atom stereocenters. The molecule has 0 saturated carbocycles. The molecule has 3 aromatic rings. The van der Waals surface area contributed by atoms with E-state index in [1.807, 2.05) is 25.1 Å². The number of anilines is 3. The second-order valence-electron chi connectivity index (χ2n) is 5.67. The molecule has 27 heavy (non-hydrogen) atoms. The maximum atomic E-state index is 11.8. The highest BCUT2D eigenvalue weighted by atomic mass is 16.1. The SMILES string of the molecule is CCNC(=O)c1ccc(Nc2nccc(-c3ccc(NC=O)cc3)n2)cc1. The van der Waals surface area contributed by atoms with Gasteiger partial charge in [-0.15, -0.1) is 0 Å². The normalized spacial score (nSPS) is 10.1. The Morgan fingerprint density at radius 1 is 1.00 bits per heavy atom. The van der Waals surface area contributed by atoms with Crippen molar-refractivity contribution in [1.29, 1.82) is 0 Å². The van der Waals surface area contributed by atoms with E-state index in [1.54, 1.807) is 42.6 Å². The van der Waals surface area contributed by atoms with E-state index in [2.05, 4.69) is 25.9 Å². The van der Waals surface area contributed by atoms with E-state index in [-0.39, 0.29) is 5.91 Å². The summed E-state index contributed by atoms with van der Waals surface area (Å²) >= 11 is 0. The van der Waals surface area contributed by atoms with E-state index >= 15 is 0 Å². The van der Waals surface area contributed by atoms with Crippen LogP contribution in [-0.4, -0.2) is 28.8 Å². The van der Waals surface area contributed by atoms with Crippen LogP contribution in [0, 0.1) is 0 Å². The van der Waals surface area contributed by atoms with Crippen LogP contribution in [0.3, 0.4) is 0 Å². The van der Waals surface area contributed by atoms with Gasteiger partial charge in [0.2, 0.25) is 12.4 Å². The molecule has 1 heterocycles. The van der Waals surface area contributed by atoms with Crippen molar-refractivity contribution in [2.75, 3.05) is 17.2 Å². The van der Waals surface area contributed by atoms with Crippen LogP contribution >= 0.6 is 0 Å². The average molecular weight is 361 g/mol. The highest BCUT2D eigenvalue weighted by Crippen LogP contribution is 2.21. The Morgan fingerprint density at radius 3 is 2.37 bits per heavy atom. The summed E-state index contributed by atoms with van der Waals surface area (Å²) < 4.78 is 0. The third-order valence-electron chi connectivity index (χ3n) is 3.80. The molecule has 3 N–H and O–H groups in total. The summed E-state index contributed by atoms with van der Waals surface area (Å²) in [6, 6.07) is 16.3. The predicted molar refractivity (Wildman–Crippen MR) is 105 cm³/mol. The van der Waals surface area contributed by atoms with Gasteiger partial charge in [-0.25, -0.2) is 9.97 Å². The zero-order valence-corrected chi connectivity index (χ0v) is 14.8. The van der Waals surface area contributed by atoms with Crippen molar-refractivity contribution in [1.82, 2.24) is 15.3 Å². The van der Waals surface area contributed by atoms with Crippen LogP contribution in [0.1, 0.15) is 17.3 Å². The van der Waals surface area contributed by atoms with Gasteiger partial charge in [-0.2, -0.15) is 0 Å². The van der Waals surface area contributed by atoms with Gasteiger partial charge in [0.25, 0.3) is 5.91 Å². The van der Waals surface area contributed by atoms with Crippen LogP contribution in [0.25, 0.3) is 11.3 Å². The van der Waals surface area contributed by atoms with E-state index in [0.29, 0.717) is 30.2 Å². The van der Waals surface area contributed by atoms with Crippen LogP contribution in [0.15, 0.2) is 60.8 Å². The molecular formula is C20H19N5O2. The number of benzene rings is 2. The smallest absolute Gasteiger partial charge is 0.251 e. The Bertz CT molecular complexity index is 924. The largest absolute Gasteiger partial charge is 0.352 e. The Kier molecular flexibility index (Phi) is 5.73. The lowest BCUT2D eigenvalue weighted by Gasteiger charge is -2.08. The van der Waals surface area contributed by atoms with Crippen LogP contribution in [0.4, 0.5) is 17.3 Å². The quantitative estimate of drug-likeness (QED) is 0.562. The van der Waals surface area contributed by atoms with Crippen LogP contribution in [0.5, 0.6) is 0 Å². The van der Waals surface area contributed by atoms with Crippen molar-refractivity contribution in [3.63, 3.8) is 0 Å². The third-order valence-corrected chi connectivity index (χ3v) is 3.80. The van der Waals surface area contributed by atoms with Crippen LogP contribution in [0.2, 0.25) is 0 Å². The van der Waals surface area contributed by atoms with Crippen molar-refractivity contribution in [2.24, 2.45) is 0 Å². The molecule has 0 bridgehead atoms. The van der Waals surface area contributed by atoms with Gasteiger partial charge in [0.15, 0.2) is 0 Å². The first-order valence-electron chi connectivity index (χ1n) is 8.48. The minimum Gasteiger partial charge on any atom is -0.352 e. The first-order valence-corrected chi connectivity index (χ1v) is 8.48. The van der Waals surface area contributed by atoms with E-state index in [1.165, 1.54) is 0 Å². The topological polar surface area (TPSA) is 96.0 Å². The Labute approximate surface area is 156 Å². The lowest BCUT2D eigenvalue weighted by molar-refractivity contribution is -0.105. The van der Waals surface area contributed by atoms with Gasteiger partial charge in [-0.05, 0) is 49.4 Å². The summed E-state index contributed by atoms with van der Waals surface area (Å²) in [7, 11) is 0. The number of hydrogen-bond donors (Lipinski definition) is 3. The number of rotatable bonds is 7.